The van der Waals surface area contributed by atoms with E-state index in [2.05, 4.69) is 4.99 Å². The molecule has 2 heteroatoms. The molecule has 6 heavy (non-hydrogen) atoms. The van der Waals surface area contributed by atoms with Gasteiger partial charge in [0.25, 0.3) is 0 Å². The van der Waals surface area contributed by atoms with Crippen LogP contribution in [0.5, 0.6) is 0 Å². The molecule has 1 saturated carbocycles. The van der Waals surface area contributed by atoms with Crippen molar-refractivity contribution >= 4 is 11.5 Å². The minimum atomic E-state index is 0.264. The van der Waals surface area contributed by atoms with Crippen LogP contribution in [-0.4, -0.2) is 17.5 Å². The molecule has 30 valence electrons. The zero-order valence-corrected chi connectivity index (χ0v) is 3.14. The fraction of sp³-hybridized carbons (Fsp3) is 0.500. The second kappa shape index (κ2) is 0.453. The lowest BCUT2D eigenvalue weighted by molar-refractivity contribution is -0.114. The third kappa shape index (κ3) is 0.103. The zero-order chi connectivity index (χ0) is 4.15. The Hall–Kier alpha value is -0.660. The average molecular weight is 81.1 g/mol. The van der Waals surface area contributed by atoms with Crippen molar-refractivity contribution in [2.24, 2.45) is 4.99 Å². The Kier molecular flexibility index (Phi) is 0.189. The summed E-state index contributed by atoms with van der Waals surface area (Å²) in [5.74, 6) is 0.264. The Labute approximate surface area is 34.9 Å². The highest BCUT2D eigenvalue weighted by Gasteiger charge is 2.45. The van der Waals surface area contributed by atoms with Crippen molar-refractivity contribution in [3.05, 3.63) is 0 Å². The van der Waals surface area contributed by atoms with Gasteiger partial charge in [-0.15, -0.1) is 0 Å². The molecule has 0 amide bonds. The summed E-state index contributed by atoms with van der Waals surface area (Å²) in [6.07, 6.45) is 0.704. The molecule has 0 aromatic carbocycles. The standard InChI is InChI=1S/C4H3NO/c6-3-1-2-4(3)5-2/h2H,1H2. The molecule has 0 bridgehead atoms. The van der Waals surface area contributed by atoms with Crippen LogP contribution in [0.2, 0.25) is 0 Å². The van der Waals surface area contributed by atoms with E-state index in [0.29, 0.717) is 12.5 Å². The van der Waals surface area contributed by atoms with Crippen molar-refractivity contribution in [3.63, 3.8) is 0 Å². The lowest BCUT2D eigenvalue weighted by Gasteiger charge is -1.98. The number of carbonyl (C=O) groups is 1. The first-order valence-corrected chi connectivity index (χ1v) is 1.99. The molecule has 2 aliphatic rings. The van der Waals surface area contributed by atoms with E-state index in [4.69, 9.17) is 0 Å². The largest absolute Gasteiger partial charge is 0.293 e. The Morgan fingerprint density at radius 1 is 1.83 bits per heavy atom. The van der Waals surface area contributed by atoms with Gasteiger partial charge < -0.3 is 0 Å². The van der Waals surface area contributed by atoms with Gasteiger partial charge in [-0.25, -0.2) is 0 Å². The third-order valence-corrected chi connectivity index (χ3v) is 1.21. The lowest BCUT2D eigenvalue weighted by atomic mass is 9.99. The number of ketones is 1. The molecule has 0 saturated heterocycles. The molecule has 0 radical (unpaired) electrons. The molecular weight excluding hydrogens is 78.0 g/mol. The zero-order valence-electron chi connectivity index (χ0n) is 3.14. The molecule has 0 aromatic rings. The summed E-state index contributed by atoms with van der Waals surface area (Å²) in [5.41, 5.74) is 0.843. The molecule has 1 atom stereocenters. The minimum Gasteiger partial charge on any atom is -0.293 e. The number of fused-ring (bicyclic) bond motifs is 1. The van der Waals surface area contributed by atoms with E-state index in [1.165, 1.54) is 0 Å². The van der Waals surface area contributed by atoms with Crippen molar-refractivity contribution in [1.82, 2.24) is 0 Å². The van der Waals surface area contributed by atoms with Gasteiger partial charge in [0.15, 0.2) is 5.78 Å². The maximum absolute atomic E-state index is 10.1. The van der Waals surface area contributed by atoms with Gasteiger partial charge in [0.2, 0.25) is 0 Å². The molecule has 0 N–H and O–H groups in total. The van der Waals surface area contributed by atoms with E-state index in [-0.39, 0.29) is 5.78 Å². The van der Waals surface area contributed by atoms with Crippen molar-refractivity contribution in [2.45, 2.75) is 12.5 Å². The van der Waals surface area contributed by atoms with Gasteiger partial charge in [0.1, 0.15) is 11.8 Å². The molecule has 0 spiro atoms. The van der Waals surface area contributed by atoms with E-state index in [0.717, 1.165) is 5.71 Å². The Bertz CT molecular complexity index is 148. The molecule has 2 rings (SSSR count). The van der Waals surface area contributed by atoms with Crippen LogP contribution in [0.25, 0.3) is 0 Å². The highest BCUT2D eigenvalue weighted by atomic mass is 16.1. The van der Waals surface area contributed by atoms with Gasteiger partial charge in [0.05, 0.1) is 0 Å². The first-order valence-electron chi connectivity index (χ1n) is 1.99. The van der Waals surface area contributed by atoms with Crippen LogP contribution < -0.4 is 0 Å². The number of hydrogen-bond acceptors (Lipinski definition) is 2. The smallest absolute Gasteiger partial charge is 0.181 e. The highest BCUT2D eigenvalue weighted by Crippen LogP contribution is 2.28. The molecule has 1 fully saturated rings. The summed E-state index contributed by atoms with van der Waals surface area (Å²) >= 11 is 0. The second-order valence-corrected chi connectivity index (χ2v) is 1.66. The predicted octanol–water partition coefficient (Wildman–Crippen LogP) is -0.218. The Morgan fingerprint density at radius 2 is 2.67 bits per heavy atom. The highest BCUT2D eigenvalue weighted by molar-refractivity contribution is 6.54. The second-order valence-electron chi connectivity index (χ2n) is 1.66. The number of aliphatic imine (C=N–C) groups is 1. The summed E-state index contributed by atoms with van der Waals surface area (Å²) in [6, 6.07) is 0.400. The molecule has 1 aliphatic heterocycles. The molecule has 2 nitrogen and oxygen atoms in total. The normalized spacial score (nSPS) is 37.0. The maximum atomic E-state index is 10.1. The van der Waals surface area contributed by atoms with E-state index in [1.54, 1.807) is 0 Å². The summed E-state index contributed by atoms with van der Waals surface area (Å²) in [4.78, 5) is 14.0. The SMILES string of the molecule is O=C1CC2N=C12. The number of nitrogens with zero attached hydrogens (tertiary/aromatic N) is 1. The van der Waals surface area contributed by atoms with Gasteiger partial charge in [-0.3, -0.25) is 9.79 Å². The van der Waals surface area contributed by atoms with Crippen LogP contribution in [0.1, 0.15) is 6.42 Å². The maximum Gasteiger partial charge on any atom is 0.181 e. The van der Waals surface area contributed by atoms with Gasteiger partial charge in [-0.1, -0.05) is 0 Å². The summed E-state index contributed by atoms with van der Waals surface area (Å²) in [7, 11) is 0. The number of hydrogen-bond donors (Lipinski definition) is 0. The van der Waals surface area contributed by atoms with Gasteiger partial charge in [-0.2, -0.15) is 0 Å². The van der Waals surface area contributed by atoms with Crippen molar-refractivity contribution in [3.8, 4) is 0 Å². The van der Waals surface area contributed by atoms with Crippen LogP contribution in [0.4, 0.5) is 0 Å². The van der Waals surface area contributed by atoms with Crippen LogP contribution in [0.15, 0.2) is 4.99 Å². The van der Waals surface area contributed by atoms with Gasteiger partial charge in [0, 0.05) is 6.42 Å². The first kappa shape index (κ1) is 2.50. The Morgan fingerprint density at radius 3 is 2.67 bits per heavy atom. The molecule has 1 unspecified atom stereocenters. The fourth-order valence-electron chi connectivity index (χ4n) is 0.680. The van der Waals surface area contributed by atoms with Crippen LogP contribution >= 0.6 is 0 Å². The third-order valence-electron chi connectivity index (χ3n) is 1.21. The van der Waals surface area contributed by atoms with Crippen LogP contribution in [-0.2, 0) is 4.79 Å². The van der Waals surface area contributed by atoms with E-state index < -0.39 is 0 Å². The monoisotopic (exact) mass is 81.0 g/mol. The first-order chi connectivity index (χ1) is 2.88. The van der Waals surface area contributed by atoms with E-state index in [9.17, 15) is 4.79 Å². The Balaban J connectivity index is 2.41. The lowest BCUT2D eigenvalue weighted by Crippen LogP contribution is -2.24. The minimum absolute atomic E-state index is 0.264. The van der Waals surface area contributed by atoms with E-state index >= 15 is 0 Å². The summed E-state index contributed by atoms with van der Waals surface area (Å²) in [5, 5.41) is 0. The predicted molar refractivity (Wildman–Crippen MR) is 20.8 cm³/mol. The summed E-state index contributed by atoms with van der Waals surface area (Å²) in [6.45, 7) is 0. The van der Waals surface area contributed by atoms with Crippen molar-refractivity contribution in [1.29, 1.82) is 0 Å². The number of Topliss-reactive ketones (excluding diaryl/α,β-unsaturated/α-hetero) is 1. The van der Waals surface area contributed by atoms with E-state index in [1.807, 2.05) is 0 Å². The van der Waals surface area contributed by atoms with Crippen molar-refractivity contribution < 1.29 is 4.79 Å². The van der Waals surface area contributed by atoms with Gasteiger partial charge >= 0.3 is 0 Å². The average Bonchev–Trinajstić information content (AvgIpc) is 2.12. The van der Waals surface area contributed by atoms with Crippen LogP contribution in [0, 0.1) is 0 Å². The topological polar surface area (TPSA) is 29.4 Å². The number of rotatable bonds is 0. The quantitative estimate of drug-likeness (QED) is 0.396. The molecular formula is C4H3NO. The number of carbonyl (C=O) groups excluding carboxylic acids is 1. The molecule has 1 heterocycles. The molecule has 1 aliphatic carbocycles. The fourth-order valence-corrected chi connectivity index (χ4v) is 0.680. The van der Waals surface area contributed by atoms with Crippen molar-refractivity contribution in [2.75, 3.05) is 0 Å². The summed E-state index contributed by atoms with van der Waals surface area (Å²) < 4.78 is 0. The van der Waals surface area contributed by atoms with Crippen LogP contribution in [0.3, 0.4) is 0 Å². The van der Waals surface area contributed by atoms with Gasteiger partial charge in [-0.05, 0) is 0 Å². The molecule has 0 aromatic heterocycles.